The van der Waals surface area contributed by atoms with Crippen molar-refractivity contribution in [3.8, 4) is 0 Å². The molecule has 2 rings (SSSR count). The Labute approximate surface area is 124 Å². The van der Waals surface area contributed by atoms with Crippen molar-refractivity contribution in [2.45, 2.75) is 51.6 Å². The van der Waals surface area contributed by atoms with Crippen LogP contribution in [0.5, 0.6) is 0 Å². The predicted molar refractivity (Wildman–Crippen MR) is 79.4 cm³/mol. The SMILES string of the molecule is CCC(C)n1ccc(Cn2nc(C)c(S(N)(=O)=O)c2C)n1. The monoisotopic (exact) mass is 311 g/mol. The lowest BCUT2D eigenvalue weighted by molar-refractivity contribution is 0.470. The highest BCUT2D eigenvalue weighted by Gasteiger charge is 2.21. The van der Waals surface area contributed by atoms with Crippen LogP contribution in [0.1, 0.15) is 43.4 Å². The number of hydrogen-bond donors (Lipinski definition) is 1. The van der Waals surface area contributed by atoms with Crippen LogP contribution in [0, 0.1) is 13.8 Å². The summed E-state index contributed by atoms with van der Waals surface area (Å²) in [5.41, 5.74) is 1.78. The number of nitrogens with zero attached hydrogens (tertiary/aromatic N) is 4. The molecule has 0 aliphatic carbocycles. The average Bonchev–Trinajstić information content (AvgIpc) is 2.94. The molecule has 0 radical (unpaired) electrons. The highest BCUT2D eigenvalue weighted by atomic mass is 32.2. The summed E-state index contributed by atoms with van der Waals surface area (Å²) >= 11 is 0. The second-order valence-corrected chi connectivity index (χ2v) is 6.75. The third kappa shape index (κ3) is 3.16. The largest absolute Gasteiger partial charge is 0.270 e. The number of nitrogens with two attached hydrogens (primary N) is 1. The number of hydrogen-bond acceptors (Lipinski definition) is 4. The quantitative estimate of drug-likeness (QED) is 0.901. The second-order valence-electron chi connectivity index (χ2n) is 5.25. The molecule has 8 heteroatoms. The molecule has 0 amide bonds. The van der Waals surface area contributed by atoms with Crippen LogP contribution in [0.15, 0.2) is 17.2 Å². The molecule has 2 heterocycles. The molecule has 2 N–H and O–H groups in total. The molecule has 21 heavy (non-hydrogen) atoms. The van der Waals surface area contributed by atoms with E-state index in [2.05, 4.69) is 24.0 Å². The first kappa shape index (κ1) is 15.7. The van der Waals surface area contributed by atoms with E-state index >= 15 is 0 Å². The van der Waals surface area contributed by atoms with Gasteiger partial charge in [0.2, 0.25) is 10.0 Å². The van der Waals surface area contributed by atoms with Gasteiger partial charge in [0.15, 0.2) is 0 Å². The summed E-state index contributed by atoms with van der Waals surface area (Å²) in [7, 11) is -3.76. The van der Waals surface area contributed by atoms with Crippen molar-refractivity contribution in [1.29, 1.82) is 0 Å². The molecule has 0 aliphatic rings. The summed E-state index contributed by atoms with van der Waals surface area (Å²) in [6.45, 7) is 7.96. The van der Waals surface area contributed by atoms with Gasteiger partial charge in [-0.15, -0.1) is 0 Å². The van der Waals surface area contributed by atoms with Crippen LogP contribution in [0.3, 0.4) is 0 Å². The van der Waals surface area contributed by atoms with Crippen molar-refractivity contribution in [1.82, 2.24) is 19.6 Å². The zero-order valence-electron chi connectivity index (χ0n) is 12.7. The lowest BCUT2D eigenvalue weighted by Crippen LogP contribution is -2.14. The fourth-order valence-electron chi connectivity index (χ4n) is 2.29. The molecule has 1 atom stereocenters. The summed E-state index contributed by atoms with van der Waals surface area (Å²) in [6, 6.07) is 2.25. The standard InChI is InChI=1S/C13H21N5O2S/c1-5-9(2)17-7-6-12(16-17)8-18-11(4)13(10(3)15-18)21(14,19)20/h6-7,9H,5,8H2,1-4H3,(H2,14,19,20). The Morgan fingerprint density at radius 1 is 1.33 bits per heavy atom. The maximum Gasteiger partial charge on any atom is 0.241 e. The summed E-state index contributed by atoms with van der Waals surface area (Å²) < 4.78 is 26.7. The molecule has 0 saturated carbocycles. The van der Waals surface area contributed by atoms with Crippen molar-refractivity contribution in [3.05, 3.63) is 29.3 Å². The molecule has 1 unspecified atom stereocenters. The van der Waals surface area contributed by atoms with Crippen molar-refractivity contribution in [2.24, 2.45) is 5.14 Å². The smallest absolute Gasteiger partial charge is 0.241 e. The van der Waals surface area contributed by atoms with Crippen LogP contribution in [0.25, 0.3) is 0 Å². The van der Waals surface area contributed by atoms with Gasteiger partial charge >= 0.3 is 0 Å². The van der Waals surface area contributed by atoms with Gasteiger partial charge < -0.3 is 0 Å². The van der Waals surface area contributed by atoms with Gasteiger partial charge in [-0.2, -0.15) is 10.2 Å². The van der Waals surface area contributed by atoms with Crippen LogP contribution in [0.4, 0.5) is 0 Å². The van der Waals surface area contributed by atoms with E-state index in [1.165, 1.54) is 0 Å². The molecule has 0 aliphatic heterocycles. The minimum Gasteiger partial charge on any atom is -0.270 e. The third-order valence-corrected chi connectivity index (χ3v) is 4.78. The molecular weight excluding hydrogens is 290 g/mol. The molecule has 116 valence electrons. The van der Waals surface area contributed by atoms with E-state index < -0.39 is 10.0 Å². The zero-order chi connectivity index (χ0) is 15.8. The second kappa shape index (κ2) is 5.61. The Hall–Kier alpha value is -1.67. The van der Waals surface area contributed by atoms with E-state index in [0.29, 0.717) is 24.0 Å². The molecule has 0 bridgehead atoms. The molecule has 0 aromatic carbocycles. The van der Waals surface area contributed by atoms with E-state index in [1.54, 1.807) is 18.5 Å². The predicted octanol–water partition coefficient (Wildman–Crippen LogP) is 1.36. The summed E-state index contributed by atoms with van der Waals surface area (Å²) in [5, 5.41) is 14.0. The van der Waals surface area contributed by atoms with Gasteiger partial charge in [0.1, 0.15) is 4.90 Å². The Morgan fingerprint density at radius 3 is 2.52 bits per heavy atom. The van der Waals surface area contributed by atoms with E-state index in [1.807, 2.05) is 16.9 Å². The normalized spacial score (nSPS) is 13.6. The molecule has 0 saturated heterocycles. The van der Waals surface area contributed by atoms with Crippen LogP contribution >= 0.6 is 0 Å². The van der Waals surface area contributed by atoms with Crippen molar-refractivity contribution in [2.75, 3.05) is 0 Å². The topological polar surface area (TPSA) is 95.8 Å². The Morgan fingerprint density at radius 2 is 2.00 bits per heavy atom. The number of primary sulfonamides is 1. The maximum absolute atomic E-state index is 11.6. The first-order chi connectivity index (χ1) is 9.74. The molecular formula is C13H21N5O2S. The third-order valence-electron chi connectivity index (χ3n) is 3.62. The number of aromatic nitrogens is 4. The Bertz CT molecular complexity index is 745. The van der Waals surface area contributed by atoms with Crippen molar-refractivity contribution < 1.29 is 8.42 Å². The van der Waals surface area contributed by atoms with E-state index in [0.717, 1.165) is 12.1 Å². The van der Waals surface area contributed by atoms with E-state index in [9.17, 15) is 8.42 Å². The van der Waals surface area contributed by atoms with Gasteiger partial charge in [0.05, 0.1) is 23.6 Å². The highest BCUT2D eigenvalue weighted by Crippen LogP contribution is 2.18. The van der Waals surface area contributed by atoms with Crippen LogP contribution in [-0.4, -0.2) is 28.0 Å². The lowest BCUT2D eigenvalue weighted by atomic mass is 10.3. The summed E-state index contributed by atoms with van der Waals surface area (Å²) in [6.07, 6.45) is 2.92. The van der Waals surface area contributed by atoms with Gasteiger partial charge in [-0.3, -0.25) is 9.36 Å². The molecule has 2 aromatic rings. The van der Waals surface area contributed by atoms with Crippen LogP contribution < -0.4 is 5.14 Å². The van der Waals surface area contributed by atoms with Crippen molar-refractivity contribution >= 4 is 10.0 Å². The number of aryl methyl sites for hydroxylation is 1. The fourth-order valence-corrected chi connectivity index (χ4v) is 3.26. The highest BCUT2D eigenvalue weighted by molar-refractivity contribution is 7.89. The van der Waals surface area contributed by atoms with E-state index in [4.69, 9.17) is 5.14 Å². The fraction of sp³-hybridized carbons (Fsp3) is 0.538. The summed E-state index contributed by atoms with van der Waals surface area (Å²) in [4.78, 5) is 0.101. The molecule has 0 spiro atoms. The van der Waals surface area contributed by atoms with Gasteiger partial charge in [-0.05, 0) is 33.3 Å². The van der Waals surface area contributed by atoms with Gasteiger partial charge in [-0.25, -0.2) is 13.6 Å². The Balaban J connectivity index is 2.31. The van der Waals surface area contributed by atoms with Gasteiger partial charge in [0, 0.05) is 12.2 Å². The number of rotatable bonds is 5. The summed E-state index contributed by atoms with van der Waals surface area (Å²) in [5.74, 6) is 0. The van der Waals surface area contributed by atoms with Crippen LogP contribution in [-0.2, 0) is 16.6 Å². The maximum atomic E-state index is 11.6. The Kier molecular flexibility index (Phi) is 4.20. The molecule has 0 fully saturated rings. The van der Waals surface area contributed by atoms with Crippen LogP contribution in [0.2, 0.25) is 0 Å². The van der Waals surface area contributed by atoms with Gasteiger partial charge in [-0.1, -0.05) is 6.92 Å². The van der Waals surface area contributed by atoms with Gasteiger partial charge in [0.25, 0.3) is 0 Å². The van der Waals surface area contributed by atoms with E-state index in [-0.39, 0.29) is 4.90 Å². The minimum atomic E-state index is -3.76. The minimum absolute atomic E-state index is 0.101. The molecule has 2 aromatic heterocycles. The van der Waals surface area contributed by atoms with Crippen molar-refractivity contribution in [3.63, 3.8) is 0 Å². The molecule has 7 nitrogen and oxygen atoms in total. The zero-order valence-corrected chi connectivity index (χ0v) is 13.6. The average molecular weight is 311 g/mol. The first-order valence-electron chi connectivity index (χ1n) is 6.84. The first-order valence-corrected chi connectivity index (χ1v) is 8.39. The lowest BCUT2D eigenvalue weighted by Gasteiger charge is -2.08. The number of sulfonamides is 1.